The summed E-state index contributed by atoms with van der Waals surface area (Å²) in [6, 6.07) is 0. The number of hydrogen-bond acceptors (Lipinski definition) is 5. The third kappa shape index (κ3) is 3.25. The maximum absolute atomic E-state index is 10.6. The summed E-state index contributed by atoms with van der Waals surface area (Å²) < 4.78 is 0. The lowest BCUT2D eigenvalue weighted by atomic mass is 10.2. The Hall–Kier alpha value is -1.36. The number of nitrogens with zero attached hydrogens (tertiary/aromatic N) is 2. The Balaban J connectivity index is 2.47. The van der Waals surface area contributed by atoms with Gasteiger partial charge in [-0.3, -0.25) is 4.79 Å². The van der Waals surface area contributed by atoms with Crippen LogP contribution in [0.2, 0.25) is 0 Å². The number of oxime groups is 1. The van der Waals surface area contributed by atoms with Crippen LogP contribution in [-0.4, -0.2) is 35.5 Å². The lowest BCUT2D eigenvalue weighted by Crippen LogP contribution is -2.32. The van der Waals surface area contributed by atoms with Crippen molar-refractivity contribution in [1.29, 1.82) is 0 Å². The third-order valence-corrected chi connectivity index (χ3v) is 1.63. The standard InChI is InChI=1S/C8H12N2O3/c1-7(11)13-10-4-2-3-8(6-10)5-9-12/h3,5,12H,2,4,6H2,1H3. The van der Waals surface area contributed by atoms with Crippen LogP contribution in [0.3, 0.4) is 0 Å². The summed E-state index contributed by atoms with van der Waals surface area (Å²) in [5, 5.41) is 12.7. The molecule has 0 atom stereocenters. The van der Waals surface area contributed by atoms with E-state index in [0.717, 1.165) is 12.0 Å². The molecule has 0 aromatic heterocycles. The van der Waals surface area contributed by atoms with Crippen LogP contribution < -0.4 is 0 Å². The Morgan fingerprint density at radius 3 is 3.23 bits per heavy atom. The van der Waals surface area contributed by atoms with Gasteiger partial charge in [0.2, 0.25) is 0 Å². The molecule has 1 heterocycles. The van der Waals surface area contributed by atoms with E-state index in [1.807, 2.05) is 6.08 Å². The molecule has 72 valence electrons. The topological polar surface area (TPSA) is 62.1 Å². The van der Waals surface area contributed by atoms with Gasteiger partial charge < -0.3 is 10.0 Å². The highest BCUT2D eigenvalue weighted by Gasteiger charge is 2.13. The average molecular weight is 184 g/mol. The quantitative estimate of drug-likeness (QED) is 0.387. The van der Waals surface area contributed by atoms with E-state index < -0.39 is 0 Å². The van der Waals surface area contributed by atoms with Crippen molar-refractivity contribution in [3.8, 4) is 0 Å². The molecule has 0 radical (unpaired) electrons. The lowest BCUT2D eigenvalue weighted by molar-refractivity contribution is -0.186. The van der Waals surface area contributed by atoms with E-state index in [1.165, 1.54) is 13.1 Å². The molecule has 0 fully saturated rings. The fourth-order valence-corrected chi connectivity index (χ4v) is 1.17. The SMILES string of the molecule is CC(=O)ON1CCC=C(C=NO)C1. The van der Waals surface area contributed by atoms with Crippen molar-refractivity contribution < 1.29 is 14.8 Å². The smallest absolute Gasteiger partial charge is 0.322 e. The Bertz CT molecular complexity index is 248. The van der Waals surface area contributed by atoms with Crippen LogP contribution in [0.15, 0.2) is 16.8 Å². The second kappa shape index (κ2) is 4.61. The molecule has 1 aliphatic rings. The van der Waals surface area contributed by atoms with Gasteiger partial charge in [-0.05, 0) is 12.0 Å². The van der Waals surface area contributed by atoms with E-state index in [0.29, 0.717) is 13.1 Å². The molecule has 1 N–H and O–H groups in total. The number of carbonyl (C=O) groups excluding carboxylic acids is 1. The number of hydrogen-bond donors (Lipinski definition) is 1. The van der Waals surface area contributed by atoms with Gasteiger partial charge in [0.25, 0.3) is 0 Å². The van der Waals surface area contributed by atoms with Crippen molar-refractivity contribution >= 4 is 12.2 Å². The van der Waals surface area contributed by atoms with Gasteiger partial charge in [-0.25, -0.2) is 0 Å². The van der Waals surface area contributed by atoms with Gasteiger partial charge in [0, 0.05) is 13.5 Å². The highest BCUT2D eigenvalue weighted by molar-refractivity contribution is 5.78. The van der Waals surface area contributed by atoms with Gasteiger partial charge in [0.05, 0.1) is 12.8 Å². The minimum Gasteiger partial charge on any atom is -0.411 e. The molecular formula is C8H12N2O3. The Labute approximate surface area is 76.2 Å². The molecule has 0 amide bonds. The van der Waals surface area contributed by atoms with E-state index in [2.05, 4.69) is 5.16 Å². The molecular weight excluding hydrogens is 172 g/mol. The van der Waals surface area contributed by atoms with Crippen LogP contribution in [0, 0.1) is 0 Å². The average Bonchev–Trinajstić information content (AvgIpc) is 2.04. The molecule has 1 aliphatic heterocycles. The van der Waals surface area contributed by atoms with E-state index in [1.54, 1.807) is 5.06 Å². The summed E-state index contributed by atoms with van der Waals surface area (Å²) in [6.07, 6.45) is 4.07. The van der Waals surface area contributed by atoms with E-state index in [4.69, 9.17) is 10.0 Å². The van der Waals surface area contributed by atoms with Crippen molar-refractivity contribution in [1.82, 2.24) is 5.06 Å². The van der Waals surface area contributed by atoms with E-state index in [9.17, 15) is 4.79 Å². The maximum Gasteiger partial charge on any atom is 0.322 e. The van der Waals surface area contributed by atoms with Gasteiger partial charge in [-0.2, -0.15) is 0 Å². The fourth-order valence-electron chi connectivity index (χ4n) is 1.17. The van der Waals surface area contributed by atoms with Crippen molar-refractivity contribution in [2.45, 2.75) is 13.3 Å². The summed E-state index contributed by atoms with van der Waals surface area (Å²) in [7, 11) is 0. The highest BCUT2D eigenvalue weighted by Crippen LogP contribution is 2.08. The fraction of sp³-hybridized carbons (Fsp3) is 0.500. The minimum atomic E-state index is -0.331. The first-order valence-corrected chi connectivity index (χ1v) is 4.02. The lowest BCUT2D eigenvalue weighted by Gasteiger charge is -2.23. The van der Waals surface area contributed by atoms with Gasteiger partial charge in [-0.1, -0.05) is 11.2 Å². The van der Waals surface area contributed by atoms with Crippen molar-refractivity contribution in [3.05, 3.63) is 11.6 Å². The van der Waals surface area contributed by atoms with Crippen LogP contribution in [0.5, 0.6) is 0 Å². The predicted molar refractivity (Wildman–Crippen MR) is 46.3 cm³/mol. The molecule has 13 heavy (non-hydrogen) atoms. The Morgan fingerprint density at radius 2 is 2.62 bits per heavy atom. The second-order valence-corrected chi connectivity index (χ2v) is 2.76. The van der Waals surface area contributed by atoms with Crippen LogP contribution in [0.4, 0.5) is 0 Å². The molecule has 1 rings (SSSR count). The van der Waals surface area contributed by atoms with Crippen LogP contribution >= 0.6 is 0 Å². The molecule has 0 saturated heterocycles. The van der Waals surface area contributed by atoms with E-state index in [-0.39, 0.29) is 5.97 Å². The molecule has 0 spiro atoms. The summed E-state index contributed by atoms with van der Waals surface area (Å²) >= 11 is 0. The summed E-state index contributed by atoms with van der Waals surface area (Å²) in [6.45, 7) is 2.52. The zero-order valence-corrected chi connectivity index (χ0v) is 7.43. The number of rotatable bonds is 2. The maximum atomic E-state index is 10.6. The summed E-state index contributed by atoms with van der Waals surface area (Å²) in [4.78, 5) is 15.5. The Kier molecular flexibility index (Phi) is 3.45. The number of hydroxylamine groups is 2. The van der Waals surface area contributed by atoms with Crippen molar-refractivity contribution in [2.75, 3.05) is 13.1 Å². The first kappa shape index (κ1) is 9.73. The molecule has 0 saturated carbocycles. The molecule has 0 unspecified atom stereocenters. The molecule has 5 heteroatoms. The highest BCUT2D eigenvalue weighted by atomic mass is 16.7. The summed E-state index contributed by atoms with van der Waals surface area (Å²) in [5.41, 5.74) is 0.843. The van der Waals surface area contributed by atoms with Crippen LogP contribution in [0.1, 0.15) is 13.3 Å². The zero-order chi connectivity index (χ0) is 9.68. The monoisotopic (exact) mass is 184 g/mol. The normalized spacial score (nSPS) is 18.7. The Morgan fingerprint density at radius 1 is 1.85 bits per heavy atom. The predicted octanol–water partition coefficient (Wildman–Crippen LogP) is 0.557. The first-order valence-electron chi connectivity index (χ1n) is 4.02. The molecule has 5 nitrogen and oxygen atoms in total. The van der Waals surface area contributed by atoms with Crippen molar-refractivity contribution in [2.24, 2.45) is 5.16 Å². The van der Waals surface area contributed by atoms with Gasteiger partial charge >= 0.3 is 5.97 Å². The molecule has 0 bridgehead atoms. The van der Waals surface area contributed by atoms with Crippen LogP contribution in [0.25, 0.3) is 0 Å². The molecule has 0 aromatic carbocycles. The zero-order valence-electron chi connectivity index (χ0n) is 7.43. The van der Waals surface area contributed by atoms with Crippen molar-refractivity contribution in [3.63, 3.8) is 0 Å². The minimum absolute atomic E-state index is 0.331. The van der Waals surface area contributed by atoms with Crippen LogP contribution in [-0.2, 0) is 9.63 Å². The third-order valence-electron chi connectivity index (χ3n) is 1.63. The largest absolute Gasteiger partial charge is 0.411 e. The van der Waals surface area contributed by atoms with Gasteiger partial charge in [0.15, 0.2) is 0 Å². The summed E-state index contributed by atoms with van der Waals surface area (Å²) in [5.74, 6) is -0.331. The molecule has 0 aromatic rings. The second-order valence-electron chi connectivity index (χ2n) is 2.76. The van der Waals surface area contributed by atoms with E-state index >= 15 is 0 Å². The van der Waals surface area contributed by atoms with Gasteiger partial charge in [0.1, 0.15) is 0 Å². The molecule has 0 aliphatic carbocycles. The van der Waals surface area contributed by atoms with Gasteiger partial charge in [-0.15, -0.1) is 5.06 Å². The first-order chi connectivity index (χ1) is 6.22. The number of carbonyl (C=O) groups is 1.